The lowest BCUT2D eigenvalue weighted by atomic mass is 9.98. The standard InChI is InChI=1S/C31H48N2O8Si/c1-30(2,3)40-29(36)32-18-22(41-42(7,8)31(4,5)6)17-25(32)21(19-38-26-15-11-12-16-37-26)20-39-33-27(34)23-13-9-10-14-24(23)28(33)35/h9-10,13-14,21-22,25-26H,11-12,15-20H2,1-8H3/t21-,22-,25+,26?/m1/s1. The van der Waals surface area contributed by atoms with Crippen LogP contribution in [-0.2, 0) is 23.5 Å². The molecule has 3 aliphatic rings. The lowest BCUT2D eigenvalue weighted by molar-refractivity contribution is -0.182. The molecule has 234 valence electrons. The summed E-state index contributed by atoms with van der Waals surface area (Å²) in [4.78, 5) is 47.2. The molecule has 1 aromatic carbocycles. The maximum Gasteiger partial charge on any atom is 0.410 e. The molecule has 10 nitrogen and oxygen atoms in total. The van der Waals surface area contributed by atoms with Crippen LogP contribution in [0.4, 0.5) is 4.79 Å². The van der Waals surface area contributed by atoms with Gasteiger partial charge in [0.05, 0.1) is 30.4 Å². The van der Waals surface area contributed by atoms with E-state index in [2.05, 4.69) is 33.9 Å². The molecule has 1 unspecified atom stereocenters. The number of benzene rings is 1. The van der Waals surface area contributed by atoms with Crippen molar-refractivity contribution in [3.63, 3.8) is 0 Å². The highest BCUT2D eigenvalue weighted by Crippen LogP contribution is 2.40. The molecule has 0 saturated carbocycles. The Hall–Kier alpha value is -2.31. The van der Waals surface area contributed by atoms with E-state index in [1.165, 1.54) is 0 Å². The number of rotatable bonds is 9. The van der Waals surface area contributed by atoms with Gasteiger partial charge in [-0.3, -0.25) is 14.4 Å². The molecule has 1 aromatic rings. The third-order valence-electron chi connectivity index (χ3n) is 8.55. The predicted octanol–water partition coefficient (Wildman–Crippen LogP) is 5.77. The Labute approximate surface area is 251 Å². The van der Waals surface area contributed by atoms with Gasteiger partial charge in [-0.05, 0) is 76.7 Å². The zero-order valence-electron chi connectivity index (χ0n) is 26.4. The topological polar surface area (TPSA) is 104 Å². The van der Waals surface area contributed by atoms with E-state index in [0.717, 1.165) is 24.3 Å². The van der Waals surface area contributed by atoms with Gasteiger partial charge in [-0.2, -0.15) is 0 Å². The van der Waals surface area contributed by atoms with Crippen LogP contribution in [0.2, 0.25) is 18.1 Å². The molecule has 0 spiro atoms. The molecule has 0 bridgehead atoms. The summed E-state index contributed by atoms with van der Waals surface area (Å²) in [5.74, 6) is -1.39. The quantitative estimate of drug-likeness (QED) is 0.258. The smallest absolute Gasteiger partial charge is 0.410 e. The van der Waals surface area contributed by atoms with Crippen LogP contribution in [0.15, 0.2) is 24.3 Å². The Morgan fingerprint density at radius 3 is 2.21 bits per heavy atom. The number of carbonyl (C=O) groups is 3. The fourth-order valence-corrected chi connectivity index (χ4v) is 6.64. The first-order chi connectivity index (χ1) is 19.6. The molecule has 4 rings (SSSR count). The Kier molecular flexibility index (Phi) is 9.88. The van der Waals surface area contributed by atoms with Gasteiger partial charge in [0.2, 0.25) is 0 Å². The highest BCUT2D eigenvalue weighted by atomic mass is 28.4. The van der Waals surface area contributed by atoms with E-state index in [1.807, 2.05) is 20.8 Å². The highest BCUT2D eigenvalue weighted by Gasteiger charge is 2.47. The number of nitrogens with zero attached hydrogens (tertiary/aromatic N) is 2. The second kappa shape index (κ2) is 12.7. The average molecular weight is 605 g/mol. The van der Waals surface area contributed by atoms with E-state index < -0.39 is 31.8 Å². The molecular weight excluding hydrogens is 556 g/mol. The number of fused-ring (bicyclic) bond motifs is 1. The van der Waals surface area contributed by atoms with E-state index in [9.17, 15) is 14.4 Å². The summed E-state index contributed by atoms with van der Waals surface area (Å²) >= 11 is 0. The first-order valence-electron chi connectivity index (χ1n) is 15.1. The average Bonchev–Trinajstić information content (AvgIpc) is 3.42. The van der Waals surface area contributed by atoms with Crippen LogP contribution in [-0.4, -0.2) is 86.6 Å². The molecule has 3 amide bonds. The minimum absolute atomic E-state index is 0.00272. The lowest BCUT2D eigenvalue weighted by Crippen LogP contribution is -2.47. The molecular formula is C31H48N2O8Si. The predicted molar refractivity (Wildman–Crippen MR) is 159 cm³/mol. The number of hydrogen-bond donors (Lipinski definition) is 0. The summed E-state index contributed by atoms with van der Waals surface area (Å²) < 4.78 is 24.6. The van der Waals surface area contributed by atoms with Crippen molar-refractivity contribution in [1.29, 1.82) is 0 Å². The molecule has 0 N–H and O–H groups in total. The minimum Gasteiger partial charge on any atom is -0.444 e. The normalized spacial score (nSPS) is 24.2. The van der Waals surface area contributed by atoms with E-state index in [1.54, 1.807) is 29.2 Å². The van der Waals surface area contributed by atoms with E-state index in [0.29, 0.717) is 30.7 Å². The Morgan fingerprint density at radius 2 is 1.67 bits per heavy atom. The summed E-state index contributed by atoms with van der Waals surface area (Å²) in [6.07, 6.45) is 2.35. The zero-order valence-corrected chi connectivity index (χ0v) is 27.4. The van der Waals surface area contributed by atoms with Crippen LogP contribution in [0.25, 0.3) is 0 Å². The number of imide groups is 1. The first-order valence-corrected chi connectivity index (χ1v) is 18.0. The van der Waals surface area contributed by atoms with Gasteiger partial charge < -0.3 is 23.5 Å². The van der Waals surface area contributed by atoms with Crippen LogP contribution in [0.1, 0.15) is 87.9 Å². The molecule has 0 radical (unpaired) electrons. The Morgan fingerprint density at radius 1 is 1.02 bits per heavy atom. The van der Waals surface area contributed by atoms with E-state index >= 15 is 0 Å². The third kappa shape index (κ3) is 7.60. The summed E-state index contributed by atoms with van der Waals surface area (Å²) in [5.41, 5.74) is -0.0616. The van der Waals surface area contributed by atoms with Crippen molar-refractivity contribution in [3.05, 3.63) is 35.4 Å². The fraction of sp³-hybridized carbons (Fsp3) is 0.710. The van der Waals surface area contributed by atoms with Gasteiger partial charge in [0.25, 0.3) is 11.8 Å². The van der Waals surface area contributed by atoms with Crippen molar-refractivity contribution < 1.29 is 37.9 Å². The van der Waals surface area contributed by atoms with Gasteiger partial charge in [0, 0.05) is 25.1 Å². The second-order valence-corrected chi connectivity index (χ2v) is 18.8. The van der Waals surface area contributed by atoms with Crippen LogP contribution in [0.3, 0.4) is 0 Å². The molecule has 11 heteroatoms. The molecule has 4 atom stereocenters. The number of amides is 3. The Balaban J connectivity index is 1.57. The SMILES string of the molecule is CC(C)(C)OC(=O)N1C[C@H](O[Si](C)(C)C(C)(C)C)C[C@H]1[C@H](COC1CCCCO1)CON1C(=O)c2ccccc2C1=O. The highest BCUT2D eigenvalue weighted by molar-refractivity contribution is 6.74. The summed E-state index contributed by atoms with van der Waals surface area (Å²) in [7, 11) is -2.14. The second-order valence-electron chi connectivity index (χ2n) is 14.1. The van der Waals surface area contributed by atoms with E-state index in [-0.39, 0.29) is 42.6 Å². The molecule has 0 aliphatic carbocycles. The summed E-state index contributed by atoms with van der Waals surface area (Å²) in [5, 5.41) is 0.822. The Bertz CT molecular complexity index is 1100. The molecule has 3 aliphatic heterocycles. The van der Waals surface area contributed by atoms with Crippen molar-refractivity contribution in [2.75, 3.05) is 26.4 Å². The first kappa shape index (κ1) is 32.6. The van der Waals surface area contributed by atoms with Gasteiger partial charge in [-0.25, -0.2) is 4.79 Å². The van der Waals surface area contributed by atoms with Gasteiger partial charge >= 0.3 is 6.09 Å². The zero-order chi connectivity index (χ0) is 30.9. The van der Waals surface area contributed by atoms with Crippen molar-refractivity contribution >= 4 is 26.2 Å². The van der Waals surface area contributed by atoms with Crippen LogP contribution < -0.4 is 0 Å². The van der Waals surface area contributed by atoms with Gasteiger partial charge in [-0.1, -0.05) is 32.9 Å². The minimum atomic E-state index is -2.14. The van der Waals surface area contributed by atoms with Crippen molar-refractivity contribution in [2.24, 2.45) is 5.92 Å². The monoisotopic (exact) mass is 604 g/mol. The molecule has 2 fully saturated rings. The molecule has 42 heavy (non-hydrogen) atoms. The number of carbonyl (C=O) groups excluding carboxylic acids is 3. The maximum atomic E-state index is 13.5. The lowest BCUT2D eigenvalue weighted by Gasteiger charge is -2.38. The van der Waals surface area contributed by atoms with E-state index in [4.69, 9.17) is 23.5 Å². The van der Waals surface area contributed by atoms with Crippen molar-refractivity contribution in [3.8, 4) is 0 Å². The molecule has 2 saturated heterocycles. The number of hydroxylamine groups is 2. The fourth-order valence-electron chi connectivity index (χ4n) is 5.28. The van der Waals surface area contributed by atoms with Gasteiger partial charge in [-0.15, -0.1) is 5.06 Å². The van der Waals surface area contributed by atoms with Gasteiger partial charge in [0.1, 0.15) is 5.60 Å². The maximum absolute atomic E-state index is 13.5. The number of hydrogen-bond acceptors (Lipinski definition) is 8. The van der Waals surface area contributed by atoms with Crippen LogP contribution >= 0.6 is 0 Å². The van der Waals surface area contributed by atoms with Gasteiger partial charge in [0.15, 0.2) is 14.6 Å². The number of ether oxygens (including phenoxy) is 3. The molecule has 3 heterocycles. The summed E-state index contributed by atoms with van der Waals surface area (Å²) in [6, 6.07) is 6.30. The van der Waals surface area contributed by atoms with Crippen molar-refractivity contribution in [1.82, 2.24) is 9.96 Å². The third-order valence-corrected chi connectivity index (χ3v) is 13.1. The van der Waals surface area contributed by atoms with Crippen molar-refractivity contribution in [2.45, 2.75) is 109 Å². The van der Waals surface area contributed by atoms with Crippen LogP contribution in [0, 0.1) is 5.92 Å². The number of likely N-dealkylation sites (tertiary alicyclic amines) is 1. The summed E-state index contributed by atoms with van der Waals surface area (Å²) in [6.45, 7) is 17.7. The molecule has 0 aromatic heterocycles. The largest absolute Gasteiger partial charge is 0.444 e. The van der Waals surface area contributed by atoms with Crippen LogP contribution in [0.5, 0.6) is 0 Å².